The zero-order valence-corrected chi connectivity index (χ0v) is 10.6. The summed E-state index contributed by atoms with van der Waals surface area (Å²) >= 11 is 0. The first kappa shape index (κ1) is 13.5. The third-order valence-electron chi connectivity index (χ3n) is 3.20. The van der Waals surface area contributed by atoms with Crippen molar-refractivity contribution >= 4 is 17.6 Å². The van der Waals surface area contributed by atoms with Gasteiger partial charge < -0.3 is 15.2 Å². The summed E-state index contributed by atoms with van der Waals surface area (Å²) in [5, 5.41) is 11.5. The Bertz CT molecular complexity index is 472. The molecule has 1 saturated heterocycles. The summed E-state index contributed by atoms with van der Waals surface area (Å²) in [5.41, 5.74) is 0.449. The minimum atomic E-state index is -1.09. The fourth-order valence-electron chi connectivity index (χ4n) is 2.18. The number of carboxylic acid groups (broad SMARTS) is 1. The van der Waals surface area contributed by atoms with Crippen LogP contribution in [0, 0.1) is 5.92 Å². The molecule has 0 spiro atoms. The van der Waals surface area contributed by atoms with Crippen LogP contribution in [0.5, 0.6) is 0 Å². The number of ether oxygens (including phenoxy) is 1. The molecule has 2 N–H and O–H groups in total. The summed E-state index contributed by atoms with van der Waals surface area (Å²) in [5.74, 6) is -1.34. The number of nitrogens with one attached hydrogen (secondary N) is 1. The number of pyridine rings is 1. The SMILES string of the molecule is CCC1OCCC1C(=O)Nc1ccc(C(=O)O)nc1. The van der Waals surface area contributed by atoms with E-state index in [1.54, 1.807) is 0 Å². The molecule has 6 nitrogen and oxygen atoms in total. The van der Waals surface area contributed by atoms with Crippen molar-refractivity contribution in [1.29, 1.82) is 0 Å². The topological polar surface area (TPSA) is 88.5 Å². The first-order valence-electron chi connectivity index (χ1n) is 6.23. The highest BCUT2D eigenvalue weighted by atomic mass is 16.5. The van der Waals surface area contributed by atoms with E-state index < -0.39 is 5.97 Å². The fourth-order valence-corrected chi connectivity index (χ4v) is 2.18. The van der Waals surface area contributed by atoms with E-state index in [4.69, 9.17) is 9.84 Å². The van der Waals surface area contributed by atoms with Gasteiger partial charge in [0.15, 0.2) is 0 Å². The first-order valence-corrected chi connectivity index (χ1v) is 6.23. The Morgan fingerprint density at radius 1 is 1.53 bits per heavy atom. The van der Waals surface area contributed by atoms with Crippen LogP contribution in [0.15, 0.2) is 18.3 Å². The van der Waals surface area contributed by atoms with Crippen LogP contribution in [-0.2, 0) is 9.53 Å². The lowest BCUT2D eigenvalue weighted by molar-refractivity contribution is -0.121. The maximum absolute atomic E-state index is 12.1. The summed E-state index contributed by atoms with van der Waals surface area (Å²) < 4.78 is 5.47. The number of carbonyl (C=O) groups is 2. The summed E-state index contributed by atoms with van der Waals surface area (Å²) in [6.45, 7) is 2.59. The normalized spacial score (nSPS) is 22.2. The van der Waals surface area contributed by atoms with Gasteiger partial charge in [0.2, 0.25) is 5.91 Å². The molecule has 0 saturated carbocycles. The predicted molar refractivity (Wildman–Crippen MR) is 68.0 cm³/mol. The molecule has 0 radical (unpaired) electrons. The van der Waals surface area contributed by atoms with Crippen molar-refractivity contribution in [3.05, 3.63) is 24.0 Å². The Balaban J connectivity index is 2.00. The highest BCUT2D eigenvalue weighted by molar-refractivity contribution is 5.93. The number of aromatic nitrogens is 1. The first-order chi connectivity index (χ1) is 9.11. The van der Waals surface area contributed by atoms with Gasteiger partial charge in [0.25, 0.3) is 0 Å². The van der Waals surface area contributed by atoms with Crippen LogP contribution in [0.4, 0.5) is 5.69 Å². The van der Waals surface area contributed by atoms with Crippen LogP contribution in [0.2, 0.25) is 0 Å². The summed E-state index contributed by atoms with van der Waals surface area (Å²) in [6.07, 6.45) is 2.82. The lowest BCUT2D eigenvalue weighted by atomic mass is 9.98. The number of hydrogen-bond acceptors (Lipinski definition) is 4. The second-order valence-electron chi connectivity index (χ2n) is 4.44. The van der Waals surface area contributed by atoms with Crippen molar-refractivity contribution in [3.63, 3.8) is 0 Å². The number of nitrogens with zero attached hydrogens (tertiary/aromatic N) is 1. The van der Waals surface area contributed by atoms with Gasteiger partial charge in [-0.1, -0.05) is 6.92 Å². The van der Waals surface area contributed by atoms with E-state index >= 15 is 0 Å². The summed E-state index contributed by atoms with van der Waals surface area (Å²) in [4.78, 5) is 26.5. The predicted octanol–water partition coefficient (Wildman–Crippen LogP) is 1.53. The third-order valence-corrected chi connectivity index (χ3v) is 3.20. The lowest BCUT2D eigenvalue weighted by Gasteiger charge is -2.16. The number of carboxylic acids is 1. The molecule has 1 fully saturated rings. The zero-order valence-electron chi connectivity index (χ0n) is 10.6. The second kappa shape index (κ2) is 5.79. The van der Waals surface area contributed by atoms with Crippen molar-refractivity contribution in [3.8, 4) is 0 Å². The molecule has 0 aliphatic carbocycles. The molecule has 102 valence electrons. The maximum atomic E-state index is 12.1. The highest BCUT2D eigenvalue weighted by Gasteiger charge is 2.32. The van der Waals surface area contributed by atoms with E-state index in [2.05, 4.69) is 10.3 Å². The van der Waals surface area contributed by atoms with Crippen LogP contribution >= 0.6 is 0 Å². The van der Waals surface area contributed by atoms with Crippen LogP contribution in [0.25, 0.3) is 0 Å². The Morgan fingerprint density at radius 2 is 2.32 bits per heavy atom. The standard InChI is InChI=1S/C13H16N2O4/c1-2-11-9(5-6-19-11)12(16)15-8-3-4-10(13(17)18)14-7-8/h3-4,7,9,11H,2,5-6H2,1H3,(H,15,16)(H,17,18). The average molecular weight is 264 g/mol. The van der Waals surface area contributed by atoms with Crippen LogP contribution in [0.3, 0.4) is 0 Å². The van der Waals surface area contributed by atoms with Crippen molar-refractivity contribution in [1.82, 2.24) is 4.98 Å². The maximum Gasteiger partial charge on any atom is 0.354 e. The molecule has 2 atom stereocenters. The minimum Gasteiger partial charge on any atom is -0.477 e. The number of anilines is 1. The Labute approximate surface area is 110 Å². The Kier molecular flexibility index (Phi) is 4.11. The van der Waals surface area contributed by atoms with Crippen LogP contribution in [-0.4, -0.2) is 34.7 Å². The van der Waals surface area contributed by atoms with Gasteiger partial charge in [0.1, 0.15) is 5.69 Å². The van der Waals surface area contributed by atoms with Crippen LogP contribution in [0.1, 0.15) is 30.3 Å². The van der Waals surface area contributed by atoms with E-state index in [0.717, 1.165) is 6.42 Å². The van der Waals surface area contributed by atoms with Crippen molar-refractivity contribution in [2.24, 2.45) is 5.92 Å². The van der Waals surface area contributed by atoms with Gasteiger partial charge in [-0.25, -0.2) is 9.78 Å². The number of hydrogen-bond donors (Lipinski definition) is 2. The molecule has 1 aromatic rings. The molecule has 2 rings (SSSR count). The minimum absolute atomic E-state index is 0.0359. The number of aromatic carboxylic acids is 1. The zero-order chi connectivity index (χ0) is 13.8. The highest BCUT2D eigenvalue weighted by Crippen LogP contribution is 2.24. The largest absolute Gasteiger partial charge is 0.477 e. The molecule has 6 heteroatoms. The van der Waals surface area contributed by atoms with E-state index in [1.807, 2.05) is 6.92 Å². The van der Waals surface area contributed by atoms with Crippen LogP contribution < -0.4 is 5.32 Å². The van der Waals surface area contributed by atoms with Gasteiger partial charge in [-0.05, 0) is 25.0 Å². The average Bonchev–Trinajstić information content (AvgIpc) is 2.87. The number of rotatable bonds is 4. The number of amides is 1. The van der Waals surface area contributed by atoms with Gasteiger partial charge in [0, 0.05) is 6.61 Å². The van der Waals surface area contributed by atoms with Gasteiger partial charge in [-0.2, -0.15) is 0 Å². The molecule has 2 heterocycles. The van der Waals surface area contributed by atoms with E-state index in [1.165, 1.54) is 18.3 Å². The van der Waals surface area contributed by atoms with Crippen molar-refractivity contribution in [2.75, 3.05) is 11.9 Å². The third kappa shape index (κ3) is 3.08. The van der Waals surface area contributed by atoms with Crippen molar-refractivity contribution in [2.45, 2.75) is 25.9 Å². The second-order valence-corrected chi connectivity index (χ2v) is 4.44. The van der Waals surface area contributed by atoms with Crippen molar-refractivity contribution < 1.29 is 19.4 Å². The molecular weight excluding hydrogens is 248 g/mol. The monoisotopic (exact) mass is 264 g/mol. The molecule has 1 aromatic heterocycles. The molecule has 19 heavy (non-hydrogen) atoms. The molecule has 0 bridgehead atoms. The molecular formula is C13H16N2O4. The van der Waals surface area contributed by atoms with Gasteiger partial charge in [-0.3, -0.25) is 4.79 Å². The fraction of sp³-hybridized carbons (Fsp3) is 0.462. The van der Waals surface area contributed by atoms with Gasteiger partial charge >= 0.3 is 5.97 Å². The lowest BCUT2D eigenvalue weighted by Crippen LogP contribution is -2.29. The summed E-state index contributed by atoms with van der Waals surface area (Å²) in [7, 11) is 0. The van der Waals surface area contributed by atoms with E-state index in [-0.39, 0.29) is 23.6 Å². The molecule has 0 aromatic carbocycles. The van der Waals surface area contributed by atoms with Gasteiger partial charge in [0.05, 0.1) is 23.9 Å². The quantitative estimate of drug-likeness (QED) is 0.861. The summed E-state index contributed by atoms with van der Waals surface area (Å²) in [6, 6.07) is 2.89. The van der Waals surface area contributed by atoms with Gasteiger partial charge in [-0.15, -0.1) is 0 Å². The smallest absolute Gasteiger partial charge is 0.354 e. The Hall–Kier alpha value is -1.95. The molecule has 1 aliphatic heterocycles. The van der Waals surface area contributed by atoms with E-state index in [0.29, 0.717) is 18.7 Å². The molecule has 1 aliphatic rings. The number of carbonyl (C=O) groups excluding carboxylic acids is 1. The Morgan fingerprint density at radius 3 is 2.89 bits per heavy atom. The molecule has 1 amide bonds. The molecule has 2 unspecified atom stereocenters. The van der Waals surface area contributed by atoms with E-state index in [9.17, 15) is 9.59 Å².